The number of ether oxygens (including phenoxy) is 1. The number of benzene rings is 1. The minimum Gasteiger partial charge on any atom is -0.400 e. The van der Waals surface area contributed by atoms with Crippen molar-refractivity contribution in [1.82, 2.24) is 4.90 Å². The van der Waals surface area contributed by atoms with Gasteiger partial charge in [0.1, 0.15) is 0 Å². The fourth-order valence-electron chi connectivity index (χ4n) is 2.97. The van der Waals surface area contributed by atoms with Crippen LogP contribution in [0.1, 0.15) is 38.8 Å². The highest BCUT2D eigenvalue weighted by Crippen LogP contribution is 2.37. The lowest BCUT2D eigenvalue weighted by Crippen LogP contribution is -2.41. The van der Waals surface area contributed by atoms with Gasteiger partial charge in [0.15, 0.2) is 0 Å². The Bertz CT molecular complexity index is 578. The van der Waals surface area contributed by atoms with Gasteiger partial charge in [0, 0.05) is 19.6 Å². The Balaban J connectivity index is 1.62. The first-order valence-electron chi connectivity index (χ1n) is 8.79. The van der Waals surface area contributed by atoms with Crippen LogP contribution >= 0.6 is 0 Å². The lowest BCUT2D eigenvalue weighted by atomic mass is 9.89. The number of nitrogens with zero attached hydrogens (tertiary/aromatic N) is 1. The first kappa shape index (κ1) is 17.7. The van der Waals surface area contributed by atoms with Gasteiger partial charge in [-0.1, -0.05) is 36.3 Å². The van der Waals surface area contributed by atoms with Crippen molar-refractivity contribution >= 4 is 13.2 Å². The zero-order valence-corrected chi connectivity index (χ0v) is 15.2. The molecule has 0 N–H and O–H groups in total. The van der Waals surface area contributed by atoms with Gasteiger partial charge in [-0.15, -0.1) is 0 Å². The third-order valence-corrected chi connectivity index (χ3v) is 5.18. The maximum absolute atomic E-state index is 6.01. The molecule has 2 aliphatic heterocycles. The van der Waals surface area contributed by atoms with Gasteiger partial charge in [-0.05, 0) is 38.8 Å². The predicted octanol–water partition coefficient (Wildman–Crippen LogP) is 3.16. The molecule has 1 aromatic carbocycles. The molecule has 1 aromatic rings. The Labute approximate surface area is 145 Å². The lowest BCUT2D eigenvalue weighted by Gasteiger charge is -2.32. The van der Waals surface area contributed by atoms with Gasteiger partial charge in [0.25, 0.3) is 0 Å². The van der Waals surface area contributed by atoms with Gasteiger partial charge in [-0.3, -0.25) is 4.90 Å². The second-order valence-electron chi connectivity index (χ2n) is 7.62. The van der Waals surface area contributed by atoms with Gasteiger partial charge < -0.3 is 14.0 Å². The first-order valence-corrected chi connectivity index (χ1v) is 8.79. The van der Waals surface area contributed by atoms with E-state index in [9.17, 15) is 0 Å². The van der Waals surface area contributed by atoms with E-state index in [1.807, 2.05) is 5.98 Å². The smallest absolute Gasteiger partial charge is 0.400 e. The quantitative estimate of drug-likeness (QED) is 0.794. The van der Waals surface area contributed by atoms with Crippen molar-refractivity contribution in [3.8, 4) is 0 Å². The third-order valence-electron chi connectivity index (χ3n) is 5.18. The molecule has 0 aliphatic carbocycles. The summed E-state index contributed by atoms with van der Waals surface area (Å²) in [5.74, 6) is 2.00. The van der Waals surface area contributed by atoms with Gasteiger partial charge in [-0.2, -0.15) is 0 Å². The van der Waals surface area contributed by atoms with E-state index in [-0.39, 0.29) is 18.3 Å². The lowest BCUT2D eigenvalue weighted by molar-refractivity contribution is 0.00578. The molecule has 130 valence electrons. The van der Waals surface area contributed by atoms with E-state index < -0.39 is 0 Å². The zero-order chi connectivity index (χ0) is 17.2. The minimum atomic E-state index is -0.294. The Morgan fingerprint density at radius 3 is 2.42 bits per heavy atom. The van der Waals surface area contributed by atoms with Crippen LogP contribution < -0.4 is 0 Å². The predicted molar refractivity (Wildman–Crippen MR) is 97.7 cm³/mol. The van der Waals surface area contributed by atoms with Crippen LogP contribution in [-0.2, 0) is 20.6 Å². The number of hydrogen-bond acceptors (Lipinski definition) is 4. The molecule has 0 unspecified atom stereocenters. The largest absolute Gasteiger partial charge is 0.487 e. The van der Waals surface area contributed by atoms with E-state index in [0.717, 1.165) is 32.8 Å². The normalized spacial score (nSPS) is 23.9. The summed E-state index contributed by atoms with van der Waals surface area (Å²) >= 11 is 0. The molecule has 0 aromatic heterocycles. The van der Waals surface area contributed by atoms with Crippen molar-refractivity contribution in [1.29, 1.82) is 0 Å². The van der Waals surface area contributed by atoms with Crippen LogP contribution in [0.2, 0.25) is 0 Å². The summed E-state index contributed by atoms with van der Waals surface area (Å²) in [4.78, 5) is 2.43. The van der Waals surface area contributed by atoms with Crippen LogP contribution in [0.25, 0.3) is 6.08 Å². The zero-order valence-electron chi connectivity index (χ0n) is 15.2. The molecule has 24 heavy (non-hydrogen) atoms. The van der Waals surface area contributed by atoms with Crippen molar-refractivity contribution < 1.29 is 14.0 Å². The molecular formula is C19H28BNO3. The summed E-state index contributed by atoms with van der Waals surface area (Å²) in [5, 5.41) is 0. The maximum Gasteiger partial charge on any atom is 0.487 e. The fraction of sp³-hybridized carbons (Fsp3) is 0.579. The van der Waals surface area contributed by atoms with Crippen LogP contribution in [-0.4, -0.2) is 49.5 Å². The van der Waals surface area contributed by atoms with E-state index in [2.05, 4.69) is 62.9 Å². The number of hydrogen-bond donors (Lipinski definition) is 0. The molecule has 5 heteroatoms. The summed E-state index contributed by atoms with van der Waals surface area (Å²) < 4.78 is 17.4. The Hall–Kier alpha value is -1.14. The van der Waals surface area contributed by atoms with Crippen LogP contribution in [0.4, 0.5) is 0 Å². The molecule has 2 fully saturated rings. The highest BCUT2D eigenvalue weighted by atomic mass is 16.7. The molecule has 2 heterocycles. The number of rotatable bonds is 4. The molecule has 0 saturated carbocycles. The summed E-state index contributed by atoms with van der Waals surface area (Å²) in [5.41, 5.74) is 1.92. The maximum atomic E-state index is 6.01. The Kier molecular flexibility index (Phi) is 5.16. The van der Waals surface area contributed by atoms with E-state index >= 15 is 0 Å². The van der Waals surface area contributed by atoms with Crippen LogP contribution in [0.5, 0.6) is 0 Å². The molecular weight excluding hydrogens is 301 g/mol. The van der Waals surface area contributed by atoms with Gasteiger partial charge >= 0.3 is 7.12 Å². The van der Waals surface area contributed by atoms with Crippen LogP contribution in [0.3, 0.4) is 0 Å². The SMILES string of the molecule is CC1(C)OB(C=Cc2cccc(CN3CCOCC3)c2)OC1(C)C. The highest BCUT2D eigenvalue weighted by Gasteiger charge is 2.49. The monoisotopic (exact) mass is 329 g/mol. The van der Waals surface area contributed by atoms with Gasteiger partial charge in [0.05, 0.1) is 24.4 Å². The van der Waals surface area contributed by atoms with Gasteiger partial charge in [0.2, 0.25) is 0 Å². The standard InChI is InChI=1S/C19H28BNO3/c1-18(2)19(3,4)24-20(23-18)9-8-16-6-5-7-17(14-16)15-21-10-12-22-13-11-21/h5-9,14H,10-13,15H2,1-4H3. The molecule has 0 atom stereocenters. The average molecular weight is 329 g/mol. The fourth-order valence-corrected chi connectivity index (χ4v) is 2.97. The van der Waals surface area contributed by atoms with Crippen molar-refractivity contribution in [3.05, 3.63) is 41.4 Å². The molecule has 3 rings (SSSR count). The molecule has 0 amide bonds. The van der Waals surface area contributed by atoms with E-state index in [4.69, 9.17) is 14.0 Å². The number of morpholine rings is 1. The second-order valence-corrected chi connectivity index (χ2v) is 7.62. The van der Waals surface area contributed by atoms with Gasteiger partial charge in [-0.25, -0.2) is 0 Å². The second kappa shape index (κ2) is 7.00. The summed E-state index contributed by atoms with van der Waals surface area (Å²) in [6.45, 7) is 13.0. The van der Waals surface area contributed by atoms with Crippen LogP contribution in [0.15, 0.2) is 30.2 Å². The first-order chi connectivity index (χ1) is 11.4. The average Bonchev–Trinajstić information content (AvgIpc) is 2.74. The molecule has 0 bridgehead atoms. The van der Waals surface area contributed by atoms with Crippen molar-refractivity contribution in [3.63, 3.8) is 0 Å². The molecule has 0 radical (unpaired) electrons. The summed E-state index contributed by atoms with van der Waals surface area (Å²) in [6, 6.07) is 8.64. The molecule has 2 aliphatic rings. The van der Waals surface area contributed by atoms with Crippen LogP contribution in [0, 0.1) is 0 Å². The summed E-state index contributed by atoms with van der Waals surface area (Å²) in [6.07, 6.45) is 2.09. The highest BCUT2D eigenvalue weighted by molar-refractivity contribution is 6.52. The van der Waals surface area contributed by atoms with Crippen molar-refractivity contribution in [2.75, 3.05) is 26.3 Å². The molecule has 2 saturated heterocycles. The Morgan fingerprint density at radius 2 is 1.75 bits per heavy atom. The van der Waals surface area contributed by atoms with E-state index in [0.29, 0.717) is 0 Å². The topological polar surface area (TPSA) is 30.9 Å². The molecule has 0 spiro atoms. The molecule has 4 nitrogen and oxygen atoms in total. The summed E-state index contributed by atoms with van der Waals surface area (Å²) in [7, 11) is -0.294. The third kappa shape index (κ3) is 4.09. The minimum absolute atomic E-state index is 0.291. The van der Waals surface area contributed by atoms with Crippen molar-refractivity contribution in [2.45, 2.75) is 45.4 Å². The van der Waals surface area contributed by atoms with Crippen molar-refractivity contribution in [2.24, 2.45) is 0 Å². The van der Waals surface area contributed by atoms with E-state index in [1.54, 1.807) is 0 Å². The van der Waals surface area contributed by atoms with E-state index in [1.165, 1.54) is 11.1 Å². The Morgan fingerprint density at radius 1 is 1.08 bits per heavy atom.